The molecule has 3 aromatic rings. The third-order valence-electron chi connectivity index (χ3n) is 4.95. The van der Waals surface area contributed by atoms with Crippen LogP contribution < -0.4 is 5.49 Å². The maximum Gasteiger partial charge on any atom is 0.168 e. The molecule has 0 unspecified atom stereocenters. The zero-order valence-electron chi connectivity index (χ0n) is 14.0. The number of nitrogens with zero attached hydrogens (tertiary/aromatic N) is 5. The quantitative estimate of drug-likeness (QED) is 0.799. The first-order valence-electron chi connectivity index (χ1n) is 8.75. The van der Waals surface area contributed by atoms with E-state index < -0.39 is 0 Å². The fraction of sp³-hybridized carbons (Fsp3) is 0.368. The Morgan fingerprint density at radius 2 is 1.92 bits per heavy atom. The molecule has 1 N–H and O–H groups in total. The number of hydrogen-bond donors (Lipinski definition) is 1. The highest BCUT2D eigenvalue weighted by molar-refractivity contribution is 5.78. The summed E-state index contributed by atoms with van der Waals surface area (Å²) in [6.45, 7) is 0. The Balaban J connectivity index is 1.92. The number of nitriles is 1. The first kappa shape index (κ1) is 15.6. The number of rotatable bonds is 3. The van der Waals surface area contributed by atoms with E-state index in [0.29, 0.717) is 28.3 Å². The third kappa shape index (κ3) is 2.72. The molecule has 25 heavy (non-hydrogen) atoms. The molecule has 0 spiro atoms. The standard InChI is InChI=1S/C19H20N6/c20-12-11-16-17-18(21)24(14-7-3-1-4-8-14)13-22-19(17)25(23-16)15-9-5-2-6-10-15/h2,5-6,9-10,13-14,21H,1,3-4,7-8,11H2. The molecule has 2 aromatic heterocycles. The highest BCUT2D eigenvalue weighted by Crippen LogP contribution is 2.27. The van der Waals surface area contributed by atoms with E-state index in [1.807, 2.05) is 34.9 Å². The number of fused-ring (bicyclic) bond motifs is 1. The van der Waals surface area contributed by atoms with Crippen LogP contribution in [-0.2, 0) is 6.42 Å². The van der Waals surface area contributed by atoms with Crippen LogP contribution in [0.2, 0.25) is 0 Å². The van der Waals surface area contributed by atoms with Crippen molar-refractivity contribution in [1.29, 1.82) is 10.7 Å². The minimum atomic E-state index is 0.179. The Hall–Kier alpha value is -2.94. The average Bonchev–Trinajstić information content (AvgIpc) is 3.03. The molecule has 2 heterocycles. The normalized spacial score (nSPS) is 15.3. The lowest BCUT2D eigenvalue weighted by atomic mass is 9.95. The monoisotopic (exact) mass is 332 g/mol. The summed E-state index contributed by atoms with van der Waals surface area (Å²) in [5.41, 5.74) is 2.58. The summed E-state index contributed by atoms with van der Waals surface area (Å²) in [6.07, 6.45) is 7.80. The van der Waals surface area contributed by atoms with E-state index in [1.165, 1.54) is 19.3 Å². The highest BCUT2D eigenvalue weighted by atomic mass is 15.3. The SMILES string of the molecule is N#CCc1nn(-c2ccccc2)c2ncn(C3CCCCC3)c(=N)c12. The minimum Gasteiger partial charge on any atom is -0.314 e. The van der Waals surface area contributed by atoms with Gasteiger partial charge in [0.1, 0.15) is 5.49 Å². The summed E-state index contributed by atoms with van der Waals surface area (Å²) in [5.74, 6) is 0. The van der Waals surface area contributed by atoms with E-state index >= 15 is 0 Å². The molecule has 1 aliphatic rings. The van der Waals surface area contributed by atoms with Gasteiger partial charge in [0.15, 0.2) is 5.65 Å². The van der Waals surface area contributed by atoms with Crippen LogP contribution in [0, 0.1) is 16.7 Å². The van der Waals surface area contributed by atoms with E-state index in [2.05, 4.69) is 16.2 Å². The molecule has 1 aromatic carbocycles. The summed E-state index contributed by atoms with van der Waals surface area (Å²) in [7, 11) is 0. The Morgan fingerprint density at radius 3 is 2.64 bits per heavy atom. The van der Waals surface area contributed by atoms with Crippen LogP contribution >= 0.6 is 0 Å². The molecular weight excluding hydrogens is 312 g/mol. The second-order valence-corrected chi connectivity index (χ2v) is 6.52. The van der Waals surface area contributed by atoms with Gasteiger partial charge in [0.2, 0.25) is 0 Å². The van der Waals surface area contributed by atoms with Crippen molar-refractivity contribution in [2.24, 2.45) is 0 Å². The molecule has 6 nitrogen and oxygen atoms in total. The molecule has 1 fully saturated rings. The lowest BCUT2D eigenvalue weighted by Crippen LogP contribution is -2.27. The fourth-order valence-corrected chi connectivity index (χ4v) is 3.70. The summed E-state index contributed by atoms with van der Waals surface area (Å²) in [4.78, 5) is 4.63. The molecular formula is C19H20N6. The van der Waals surface area contributed by atoms with Gasteiger partial charge in [-0.05, 0) is 25.0 Å². The smallest absolute Gasteiger partial charge is 0.168 e. The third-order valence-corrected chi connectivity index (χ3v) is 4.95. The molecule has 0 amide bonds. The van der Waals surface area contributed by atoms with Crippen molar-refractivity contribution in [3.05, 3.63) is 47.8 Å². The van der Waals surface area contributed by atoms with E-state index in [4.69, 9.17) is 5.41 Å². The predicted octanol–water partition coefficient (Wildman–Crippen LogP) is 3.27. The Kier molecular flexibility index (Phi) is 4.06. The van der Waals surface area contributed by atoms with E-state index in [-0.39, 0.29) is 6.42 Å². The molecule has 0 bridgehead atoms. The van der Waals surface area contributed by atoms with Crippen LogP contribution in [0.15, 0.2) is 36.7 Å². The summed E-state index contributed by atoms with van der Waals surface area (Å²) in [5, 5.41) is 23.2. The maximum atomic E-state index is 9.18. The van der Waals surface area contributed by atoms with Crippen LogP contribution in [0.3, 0.4) is 0 Å². The van der Waals surface area contributed by atoms with Gasteiger partial charge in [0.05, 0.1) is 35.6 Å². The molecule has 1 aliphatic carbocycles. The second kappa shape index (κ2) is 6.52. The van der Waals surface area contributed by atoms with Gasteiger partial charge in [-0.25, -0.2) is 9.67 Å². The Morgan fingerprint density at radius 1 is 1.16 bits per heavy atom. The molecule has 0 aliphatic heterocycles. The van der Waals surface area contributed by atoms with Crippen LogP contribution in [-0.4, -0.2) is 19.3 Å². The Labute approximate surface area is 145 Å². The summed E-state index contributed by atoms with van der Waals surface area (Å²) in [6, 6.07) is 12.2. The van der Waals surface area contributed by atoms with Gasteiger partial charge >= 0.3 is 0 Å². The van der Waals surface area contributed by atoms with Crippen molar-refractivity contribution < 1.29 is 0 Å². The highest BCUT2D eigenvalue weighted by Gasteiger charge is 2.20. The number of nitrogens with one attached hydrogen (secondary N) is 1. The first-order valence-corrected chi connectivity index (χ1v) is 8.75. The van der Waals surface area contributed by atoms with Crippen LogP contribution in [0.4, 0.5) is 0 Å². The van der Waals surface area contributed by atoms with Crippen LogP contribution in [0.5, 0.6) is 0 Å². The topological polar surface area (TPSA) is 83.3 Å². The zero-order valence-corrected chi connectivity index (χ0v) is 14.0. The second-order valence-electron chi connectivity index (χ2n) is 6.52. The van der Waals surface area contributed by atoms with Crippen molar-refractivity contribution in [2.45, 2.75) is 44.6 Å². The number of aromatic nitrogens is 4. The first-order chi connectivity index (χ1) is 12.3. The van der Waals surface area contributed by atoms with Gasteiger partial charge in [0.25, 0.3) is 0 Å². The molecule has 126 valence electrons. The lowest BCUT2D eigenvalue weighted by Gasteiger charge is -2.24. The van der Waals surface area contributed by atoms with Gasteiger partial charge in [0, 0.05) is 6.04 Å². The lowest BCUT2D eigenvalue weighted by molar-refractivity contribution is 0.341. The fourth-order valence-electron chi connectivity index (χ4n) is 3.70. The number of para-hydroxylation sites is 1. The molecule has 0 saturated heterocycles. The summed E-state index contributed by atoms with van der Waals surface area (Å²) >= 11 is 0. The maximum absolute atomic E-state index is 9.18. The van der Waals surface area contributed by atoms with Crippen molar-refractivity contribution >= 4 is 11.0 Å². The molecule has 0 atom stereocenters. The zero-order chi connectivity index (χ0) is 17.2. The Bertz CT molecular complexity index is 986. The van der Waals surface area contributed by atoms with Crippen molar-refractivity contribution in [3.8, 4) is 11.8 Å². The van der Waals surface area contributed by atoms with Crippen LogP contribution in [0.25, 0.3) is 16.7 Å². The van der Waals surface area contributed by atoms with E-state index in [1.54, 1.807) is 11.0 Å². The van der Waals surface area contributed by atoms with Crippen molar-refractivity contribution in [3.63, 3.8) is 0 Å². The molecule has 1 saturated carbocycles. The van der Waals surface area contributed by atoms with Gasteiger partial charge in [-0.3, -0.25) is 5.41 Å². The van der Waals surface area contributed by atoms with Gasteiger partial charge in [-0.1, -0.05) is 37.5 Å². The predicted molar refractivity (Wildman–Crippen MR) is 94.1 cm³/mol. The minimum absolute atomic E-state index is 0.179. The van der Waals surface area contributed by atoms with Gasteiger partial charge in [-0.15, -0.1) is 0 Å². The van der Waals surface area contributed by atoms with Gasteiger partial charge in [-0.2, -0.15) is 10.4 Å². The van der Waals surface area contributed by atoms with Gasteiger partial charge < -0.3 is 4.57 Å². The number of hydrogen-bond acceptors (Lipinski definition) is 4. The van der Waals surface area contributed by atoms with Crippen molar-refractivity contribution in [1.82, 2.24) is 19.3 Å². The van der Waals surface area contributed by atoms with E-state index in [0.717, 1.165) is 18.5 Å². The van der Waals surface area contributed by atoms with E-state index in [9.17, 15) is 5.26 Å². The number of benzene rings is 1. The molecule has 4 rings (SSSR count). The average molecular weight is 332 g/mol. The molecule has 6 heteroatoms. The largest absolute Gasteiger partial charge is 0.314 e. The van der Waals surface area contributed by atoms with Crippen LogP contribution in [0.1, 0.15) is 43.8 Å². The summed E-state index contributed by atoms with van der Waals surface area (Å²) < 4.78 is 3.71. The van der Waals surface area contributed by atoms with Crippen molar-refractivity contribution in [2.75, 3.05) is 0 Å². The molecule has 0 radical (unpaired) electrons.